The fraction of sp³-hybridized carbons (Fsp3) is 0.0769. The maximum absolute atomic E-state index is 11.6. The largest absolute Gasteiger partial charge is 0.477 e. The van der Waals surface area contributed by atoms with Crippen LogP contribution in [0, 0.1) is 6.92 Å². The average molecular weight is 343 g/mol. The van der Waals surface area contributed by atoms with Crippen molar-refractivity contribution in [2.24, 2.45) is 0 Å². The highest BCUT2D eigenvalue weighted by Gasteiger charge is 2.13. The first-order valence-corrected chi connectivity index (χ1v) is 6.49. The number of carbonyl (C=O) groups is 1. The van der Waals surface area contributed by atoms with Crippen molar-refractivity contribution in [2.45, 2.75) is 6.92 Å². The molecule has 0 amide bonds. The second-order valence-corrected chi connectivity index (χ2v) is 5.25. The van der Waals surface area contributed by atoms with Gasteiger partial charge in [0.15, 0.2) is 5.43 Å². The fourth-order valence-electron chi connectivity index (χ4n) is 1.72. The van der Waals surface area contributed by atoms with Gasteiger partial charge >= 0.3 is 5.97 Å². The van der Waals surface area contributed by atoms with E-state index in [1.807, 2.05) is 0 Å². The van der Waals surface area contributed by atoms with E-state index in [4.69, 9.17) is 16.7 Å². The van der Waals surface area contributed by atoms with E-state index in [0.717, 1.165) is 4.47 Å². The lowest BCUT2D eigenvalue weighted by molar-refractivity contribution is 0.0695. The molecule has 4 nitrogen and oxygen atoms in total. The van der Waals surface area contributed by atoms with E-state index in [9.17, 15) is 9.59 Å². The number of rotatable bonds is 2. The van der Waals surface area contributed by atoms with E-state index in [1.165, 1.54) is 12.3 Å². The minimum Gasteiger partial charge on any atom is -0.477 e. The number of hydrogen-bond donors (Lipinski definition) is 1. The molecule has 0 aliphatic rings. The van der Waals surface area contributed by atoms with E-state index in [0.29, 0.717) is 16.4 Å². The molecule has 0 aliphatic carbocycles. The lowest BCUT2D eigenvalue weighted by atomic mass is 10.2. The van der Waals surface area contributed by atoms with Gasteiger partial charge < -0.3 is 9.67 Å². The van der Waals surface area contributed by atoms with Crippen LogP contribution in [-0.4, -0.2) is 15.6 Å². The first-order chi connectivity index (χ1) is 8.90. The zero-order chi connectivity index (χ0) is 14.2. The third-order valence-electron chi connectivity index (χ3n) is 2.64. The molecule has 0 radical (unpaired) electrons. The van der Waals surface area contributed by atoms with Gasteiger partial charge in [-0.1, -0.05) is 11.6 Å². The normalized spacial score (nSPS) is 10.5. The number of carboxylic acids is 1. The van der Waals surface area contributed by atoms with Crippen molar-refractivity contribution in [3.63, 3.8) is 0 Å². The minimum absolute atomic E-state index is 0.280. The van der Waals surface area contributed by atoms with Crippen LogP contribution in [-0.2, 0) is 0 Å². The van der Waals surface area contributed by atoms with E-state index in [2.05, 4.69) is 15.9 Å². The molecule has 1 aromatic carbocycles. The van der Waals surface area contributed by atoms with E-state index >= 15 is 0 Å². The standard InChI is InChI=1S/C13H9BrClNO3/c1-7-4-12(17)9(13(18)19)6-16(7)11-5-8(15)2-3-10(11)14/h2-6H,1H3,(H,18,19). The van der Waals surface area contributed by atoms with Gasteiger partial charge in [-0.3, -0.25) is 4.79 Å². The van der Waals surface area contributed by atoms with Crippen LogP contribution in [0.5, 0.6) is 0 Å². The van der Waals surface area contributed by atoms with Gasteiger partial charge in [0.25, 0.3) is 0 Å². The highest BCUT2D eigenvalue weighted by atomic mass is 79.9. The number of aryl methyl sites for hydroxylation is 1. The topological polar surface area (TPSA) is 59.3 Å². The summed E-state index contributed by atoms with van der Waals surface area (Å²) in [4.78, 5) is 22.6. The van der Waals surface area contributed by atoms with Gasteiger partial charge in [0.2, 0.25) is 0 Å². The summed E-state index contributed by atoms with van der Waals surface area (Å²) >= 11 is 9.32. The molecule has 0 fully saturated rings. The Balaban J connectivity index is 2.75. The smallest absolute Gasteiger partial charge is 0.341 e. The van der Waals surface area contributed by atoms with Crippen LogP contribution in [0.15, 0.2) is 39.7 Å². The molecule has 2 rings (SSSR count). The van der Waals surface area contributed by atoms with Crippen LogP contribution in [0.2, 0.25) is 5.02 Å². The third kappa shape index (κ3) is 2.72. The highest BCUT2D eigenvalue weighted by molar-refractivity contribution is 9.10. The van der Waals surface area contributed by atoms with E-state index in [-0.39, 0.29) is 5.56 Å². The molecular formula is C13H9BrClNO3. The number of pyridine rings is 1. The number of halogens is 2. The van der Waals surface area contributed by atoms with Gasteiger partial charge in [-0.05, 0) is 41.1 Å². The second kappa shape index (κ2) is 5.19. The molecule has 1 aromatic heterocycles. The molecule has 19 heavy (non-hydrogen) atoms. The lowest BCUT2D eigenvalue weighted by Crippen LogP contribution is -2.18. The molecule has 2 aromatic rings. The summed E-state index contributed by atoms with van der Waals surface area (Å²) in [5, 5.41) is 9.52. The molecule has 0 unspecified atom stereocenters. The monoisotopic (exact) mass is 341 g/mol. The second-order valence-electron chi connectivity index (χ2n) is 3.96. The van der Waals surface area contributed by atoms with Crippen LogP contribution in [0.25, 0.3) is 5.69 Å². The van der Waals surface area contributed by atoms with Gasteiger partial charge in [-0.2, -0.15) is 0 Å². The Kier molecular flexibility index (Phi) is 3.78. The number of aromatic nitrogens is 1. The predicted octanol–water partition coefficient (Wildman–Crippen LogP) is 3.26. The summed E-state index contributed by atoms with van der Waals surface area (Å²) < 4.78 is 2.36. The predicted molar refractivity (Wildman–Crippen MR) is 76.4 cm³/mol. The molecule has 1 heterocycles. The maximum Gasteiger partial charge on any atom is 0.341 e. The van der Waals surface area contributed by atoms with Crippen LogP contribution in [0.4, 0.5) is 0 Å². The summed E-state index contributed by atoms with van der Waals surface area (Å²) in [5.74, 6) is -1.25. The highest BCUT2D eigenvalue weighted by Crippen LogP contribution is 2.25. The van der Waals surface area contributed by atoms with Crippen LogP contribution in [0.1, 0.15) is 16.1 Å². The summed E-state index contributed by atoms with van der Waals surface area (Å²) in [6.07, 6.45) is 1.30. The Hall–Kier alpha value is -1.59. The Bertz CT molecular complexity index is 724. The van der Waals surface area contributed by atoms with Gasteiger partial charge in [-0.25, -0.2) is 4.79 Å². The van der Waals surface area contributed by atoms with Crippen LogP contribution >= 0.6 is 27.5 Å². The summed E-state index contributed by atoms with van der Waals surface area (Å²) in [6, 6.07) is 6.45. The number of hydrogen-bond acceptors (Lipinski definition) is 2. The molecule has 98 valence electrons. The average Bonchev–Trinajstić information content (AvgIpc) is 2.32. The minimum atomic E-state index is -1.25. The Morgan fingerprint density at radius 2 is 2.05 bits per heavy atom. The number of benzene rings is 1. The SMILES string of the molecule is Cc1cc(=O)c(C(=O)O)cn1-c1cc(Cl)ccc1Br. The fourth-order valence-corrected chi connectivity index (χ4v) is 2.33. The van der Waals surface area contributed by atoms with Crippen molar-refractivity contribution in [2.75, 3.05) is 0 Å². The molecule has 0 saturated carbocycles. The zero-order valence-electron chi connectivity index (χ0n) is 9.85. The molecule has 0 atom stereocenters. The Morgan fingerprint density at radius 1 is 1.37 bits per heavy atom. The Labute approximate surface area is 122 Å². The number of nitrogens with zero attached hydrogens (tertiary/aromatic N) is 1. The maximum atomic E-state index is 11.6. The molecule has 1 N–H and O–H groups in total. The summed E-state index contributed by atoms with van der Waals surface area (Å²) in [6.45, 7) is 1.72. The quantitative estimate of drug-likeness (QED) is 0.911. The van der Waals surface area contributed by atoms with Gasteiger partial charge in [0.1, 0.15) is 5.56 Å². The van der Waals surface area contributed by atoms with E-state index < -0.39 is 11.4 Å². The van der Waals surface area contributed by atoms with E-state index in [1.54, 1.807) is 29.7 Å². The first kappa shape index (κ1) is 13.8. The molecule has 0 bridgehead atoms. The number of aromatic carboxylic acids is 1. The molecule has 6 heteroatoms. The first-order valence-electron chi connectivity index (χ1n) is 5.32. The van der Waals surface area contributed by atoms with Gasteiger partial charge in [0.05, 0.1) is 5.69 Å². The van der Waals surface area contributed by atoms with Gasteiger partial charge in [-0.15, -0.1) is 0 Å². The van der Waals surface area contributed by atoms with Crippen LogP contribution < -0.4 is 5.43 Å². The van der Waals surface area contributed by atoms with Crippen molar-refractivity contribution >= 4 is 33.5 Å². The molecule has 0 spiro atoms. The number of carboxylic acid groups (broad SMARTS) is 1. The zero-order valence-corrected chi connectivity index (χ0v) is 12.2. The van der Waals surface area contributed by atoms with Crippen molar-refractivity contribution in [1.29, 1.82) is 0 Å². The van der Waals surface area contributed by atoms with Crippen LogP contribution in [0.3, 0.4) is 0 Å². The summed E-state index contributed by atoms with van der Waals surface area (Å²) in [7, 11) is 0. The van der Waals surface area contributed by atoms with Crippen molar-refractivity contribution in [3.05, 3.63) is 61.4 Å². The lowest BCUT2D eigenvalue weighted by Gasteiger charge is -2.13. The van der Waals surface area contributed by atoms with Gasteiger partial charge in [0, 0.05) is 27.5 Å². The summed E-state index contributed by atoms with van der Waals surface area (Å²) in [5.41, 5.74) is 0.502. The van der Waals surface area contributed by atoms with Crippen molar-refractivity contribution in [1.82, 2.24) is 4.57 Å². The molecule has 0 aliphatic heterocycles. The van der Waals surface area contributed by atoms with Crippen molar-refractivity contribution < 1.29 is 9.90 Å². The molecular weight excluding hydrogens is 334 g/mol. The van der Waals surface area contributed by atoms with Crippen molar-refractivity contribution in [3.8, 4) is 5.69 Å². The Morgan fingerprint density at radius 3 is 2.68 bits per heavy atom. The molecule has 0 saturated heterocycles. The third-order valence-corrected chi connectivity index (χ3v) is 3.55.